The smallest absolute Gasteiger partial charge is 0.351 e. The Balaban J connectivity index is 1.49. The molecule has 0 saturated heterocycles. The lowest BCUT2D eigenvalue weighted by Crippen LogP contribution is -2.21. The third kappa shape index (κ3) is 5.02. The third-order valence-electron chi connectivity index (χ3n) is 6.11. The summed E-state index contributed by atoms with van der Waals surface area (Å²) in [6.45, 7) is 0. The van der Waals surface area contributed by atoms with E-state index in [4.69, 9.17) is 0 Å². The summed E-state index contributed by atoms with van der Waals surface area (Å²) in [5.74, 6) is -3.10. The summed E-state index contributed by atoms with van der Waals surface area (Å²) in [5.41, 5.74) is -0.842. The molecule has 3 aromatic heterocycles. The van der Waals surface area contributed by atoms with Crippen LogP contribution in [0.3, 0.4) is 0 Å². The molecule has 0 bridgehead atoms. The van der Waals surface area contributed by atoms with Crippen molar-refractivity contribution in [1.29, 1.82) is 5.26 Å². The molecule has 36 heavy (non-hydrogen) atoms. The van der Waals surface area contributed by atoms with Crippen molar-refractivity contribution in [3.63, 3.8) is 0 Å². The molecule has 186 valence electrons. The first kappa shape index (κ1) is 23.8. The van der Waals surface area contributed by atoms with Gasteiger partial charge in [0.25, 0.3) is 0 Å². The van der Waals surface area contributed by atoms with E-state index in [-0.39, 0.29) is 36.3 Å². The summed E-state index contributed by atoms with van der Waals surface area (Å²) in [7, 11) is 0. The highest BCUT2D eigenvalue weighted by Crippen LogP contribution is 2.47. The molecule has 13 heteroatoms. The molecule has 1 atom stereocenters. The van der Waals surface area contributed by atoms with Crippen molar-refractivity contribution >= 4 is 17.6 Å². The maximum Gasteiger partial charge on any atom is 0.433 e. The lowest BCUT2D eigenvalue weighted by atomic mass is 10.0. The SMILES string of the molecule is N#CC1(c2cc(Nc3nc(N[C@@H]4CCC(F)(F)C4)nc(-c4cccc(C(F)(F)F)n4)n3)ccn2)CC1. The number of aromatic nitrogens is 5. The van der Waals surface area contributed by atoms with Crippen LogP contribution in [0.4, 0.5) is 39.5 Å². The Labute approximate surface area is 202 Å². The van der Waals surface area contributed by atoms with Crippen molar-refractivity contribution in [3.8, 4) is 17.6 Å². The van der Waals surface area contributed by atoms with Gasteiger partial charge in [0, 0.05) is 30.8 Å². The zero-order chi connectivity index (χ0) is 25.6. The van der Waals surface area contributed by atoms with E-state index in [1.165, 1.54) is 18.3 Å². The molecule has 5 rings (SSSR count). The van der Waals surface area contributed by atoms with Gasteiger partial charge in [-0.1, -0.05) is 6.07 Å². The van der Waals surface area contributed by atoms with Gasteiger partial charge in [0.05, 0.1) is 17.2 Å². The summed E-state index contributed by atoms with van der Waals surface area (Å²) >= 11 is 0. The van der Waals surface area contributed by atoms with Gasteiger partial charge in [0.1, 0.15) is 11.4 Å². The molecule has 3 aromatic rings. The monoisotopic (exact) mass is 502 g/mol. The number of rotatable bonds is 6. The van der Waals surface area contributed by atoms with E-state index in [2.05, 4.69) is 41.6 Å². The second-order valence-corrected chi connectivity index (χ2v) is 8.90. The van der Waals surface area contributed by atoms with Gasteiger partial charge in [-0.3, -0.25) is 4.98 Å². The molecular weight excluding hydrogens is 483 g/mol. The first-order chi connectivity index (χ1) is 17.1. The summed E-state index contributed by atoms with van der Waals surface area (Å²) in [4.78, 5) is 20.5. The predicted octanol–water partition coefficient (Wildman–Crippen LogP) is 5.25. The largest absolute Gasteiger partial charge is 0.433 e. The van der Waals surface area contributed by atoms with Crippen LogP contribution in [-0.2, 0) is 11.6 Å². The van der Waals surface area contributed by atoms with Crippen LogP contribution >= 0.6 is 0 Å². The fourth-order valence-electron chi connectivity index (χ4n) is 4.03. The van der Waals surface area contributed by atoms with E-state index >= 15 is 0 Å². The molecule has 3 heterocycles. The Morgan fingerprint density at radius 2 is 1.78 bits per heavy atom. The minimum atomic E-state index is -4.67. The number of halogens is 5. The molecule has 0 unspecified atom stereocenters. The molecule has 0 aromatic carbocycles. The first-order valence-electron chi connectivity index (χ1n) is 11.2. The lowest BCUT2D eigenvalue weighted by molar-refractivity contribution is -0.141. The lowest BCUT2D eigenvalue weighted by Gasteiger charge is -2.15. The van der Waals surface area contributed by atoms with E-state index in [1.807, 2.05) is 0 Å². The number of anilines is 3. The highest BCUT2D eigenvalue weighted by atomic mass is 19.4. The molecule has 2 saturated carbocycles. The number of nitriles is 1. The van der Waals surface area contributed by atoms with Crippen LogP contribution in [0.25, 0.3) is 11.5 Å². The summed E-state index contributed by atoms with van der Waals surface area (Å²) < 4.78 is 67.0. The summed E-state index contributed by atoms with van der Waals surface area (Å²) in [5, 5.41) is 15.2. The van der Waals surface area contributed by atoms with Gasteiger partial charge in [0.2, 0.25) is 17.8 Å². The van der Waals surface area contributed by atoms with Crippen LogP contribution in [-0.4, -0.2) is 36.9 Å². The molecule has 2 aliphatic rings. The summed E-state index contributed by atoms with van der Waals surface area (Å²) in [6.07, 6.45) is -2.29. The van der Waals surface area contributed by atoms with Crippen LogP contribution < -0.4 is 10.6 Å². The average molecular weight is 502 g/mol. The summed E-state index contributed by atoms with van der Waals surface area (Å²) in [6, 6.07) is 8.26. The van der Waals surface area contributed by atoms with E-state index < -0.39 is 35.7 Å². The van der Waals surface area contributed by atoms with E-state index in [0.717, 1.165) is 6.07 Å². The number of hydrogen-bond donors (Lipinski definition) is 2. The Kier molecular flexibility index (Phi) is 5.69. The maximum atomic E-state index is 13.7. The Morgan fingerprint density at radius 3 is 2.44 bits per heavy atom. The molecule has 2 N–H and O–H groups in total. The van der Waals surface area contributed by atoms with Crippen molar-refractivity contribution < 1.29 is 22.0 Å². The van der Waals surface area contributed by atoms with E-state index in [0.29, 0.717) is 24.2 Å². The van der Waals surface area contributed by atoms with E-state index in [1.54, 1.807) is 12.1 Å². The van der Waals surface area contributed by atoms with Crippen molar-refractivity contribution in [2.75, 3.05) is 10.6 Å². The van der Waals surface area contributed by atoms with Crippen molar-refractivity contribution in [1.82, 2.24) is 24.9 Å². The fourth-order valence-corrected chi connectivity index (χ4v) is 4.03. The second kappa shape index (κ2) is 8.61. The quantitative estimate of drug-likeness (QED) is 0.440. The molecule has 0 aliphatic heterocycles. The highest BCUT2D eigenvalue weighted by Gasteiger charge is 2.46. The van der Waals surface area contributed by atoms with Crippen LogP contribution in [0.1, 0.15) is 43.5 Å². The van der Waals surface area contributed by atoms with Gasteiger partial charge in [0.15, 0.2) is 5.82 Å². The zero-order valence-electron chi connectivity index (χ0n) is 18.7. The van der Waals surface area contributed by atoms with Gasteiger partial charge in [-0.05, 0) is 43.5 Å². The highest BCUT2D eigenvalue weighted by molar-refractivity contribution is 5.60. The molecule has 2 fully saturated rings. The maximum absolute atomic E-state index is 13.7. The van der Waals surface area contributed by atoms with Crippen LogP contribution in [0.2, 0.25) is 0 Å². The first-order valence-corrected chi connectivity index (χ1v) is 11.2. The standard InChI is InChI=1S/C23H19F5N8/c24-22(25)6-4-14(11-22)32-20-35-18(15-2-1-3-16(33-15)23(26,27)28)34-19(36-20)31-13-5-9-30-17(10-13)21(12-29)7-8-21/h1-3,5,9-10,14H,4,6-8,11H2,(H2,30,31,32,34,35,36)/t14-/m1/s1. The topological polar surface area (TPSA) is 112 Å². The van der Waals surface area contributed by atoms with Crippen molar-refractivity contribution in [3.05, 3.63) is 47.9 Å². The predicted molar refractivity (Wildman–Crippen MR) is 118 cm³/mol. The van der Waals surface area contributed by atoms with Crippen LogP contribution in [0.15, 0.2) is 36.5 Å². The number of alkyl halides is 5. The van der Waals surface area contributed by atoms with E-state index in [9.17, 15) is 27.2 Å². The molecular formula is C23H19F5N8. The molecule has 8 nitrogen and oxygen atoms in total. The average Bonchev–Trinajstić information content (AvgIpc) is 3.56. The zero-order valence-corrected chi connectivity index (χ0v) is 18.7. The fraction of sp³-hybridized carbons (Fsp3) is 0.391. The third-order valence-corrected chi connectivity index (χ3v) is 6.11. The van der Waals surface area contributed by atoms with Gasteiger partial charge in [-0.15, -0.1) is 0 Å². The molecule has 0 amide bonds. The normalized spacial score (nSPS) is 19.9. The number of pyridine rings is 2. The Hall–Kier alpha value is -3.95. The van der Waals surface area contributed by atoms with Crippen molar-refractivity contribution in [2.45, 2.75) is 55.7 Å². The van der Waals surface area contributed by atoms with Crippen LogP contribution in [0, 0.1) is 11.3 Å². The molecule has 0 radical (unpaired) electrons. The van der Waals surface area contributed by atoms with Gasteiger partial charge >= 0.3 is 6.18 Å². The minimum absolute atomic E-state index is 0.0366. The molecule has 2 aliphatic carbocycles. The van der Waals surface area contributed by atoms with Gasteiger partial charge in [-0.25, -0.2) is 13.8 Å². The van der Waals surface area contributed by atoms with Gasteiger partial charge in [-0.2, -0.15) is 33.4 Å². The Morgan fingerprint density at radius 1 is 1.00 bits per heavy atom. The Bertz CT molecular complexity index is 1330. The number of nitrogens with zero attached hydrogens (tertiary/aromatic N) is 6. The molecule has 0 spiro atoms. The van der Waals surface area contributed by atoms with Crippen LogP contribution in [0.5, 0.6) is 0 Å². The van der Waals surface area contributed by atoms with Gasteiger partial charge < -0.3 is 10.6 Å². The minimum Gasteiger partial charge on any atom is -0.351 e. The number of nitrogens with one attached hydrogen (secondary N) is 2. The number of hydrogen-bond acceptors (Lipinski definition) is 8. The second-order valence-electron chi connectivity index (χ2n) is 8.90. The van der Waals surface area contributed by atoms with Crippen molar-refractivity contribution in [2.24, 2.45) is 0 Å².